The fraction of sp³-hybridized carbons (Fsp3) is 0.364. The van der Waals surface area contributed by atoms with Gasteiger partial charge < -0.3 is 19.3 Å². The van der Waals surface area contributed by atoms with Gasteiger partial charge in [-0.2, -0.15) is 0 Å². The van der Waals surface area contributed by atoms with Gasteiger partial charge in [0.05, 0.1) is 20.1 Å². The van der Waals surface area contributed by atoms with Crippen LogP contribution in [0.4, 0.5) is 11.4 Å². The van der Waals surface area contributed by atoms with Crippen LogP contribution in [-0.4, -0.2) is 39.1 Å². The van der Waals surface area contributed by atoms with E-state index in [1.54, 1.807) is 31.3 Å². The topological polar surface area (TPSA) is 59.1 Å². The molecule has 2 aromatic rings. The van der Waals surface area contributed by atoms with E-state index in [-0.39, 0.29) is 24.2 Å². The second-order valence-electron chi connectivity index (χ2n) is 7.31. The second kappa shape index (κ2) is 7.95. The fourth-order valence-electron chi connectivity index (χ4n) is 4.13. The van der Waals surface area contributed by atoms with Gasteiger partial charge in [0.25, 0.3) is 0 Å². The quantitative estimate of drug-likeness (QED) is 0.765. The molecule has 0 spiro atoms. The summed E-state index contributed by atoms with van der Waals surface area (Å²) < 4.78 is 10.6. The number of aryl methyl sites for hydroxylation is 1. The molecule has 7 heteroatoms. The number of amides is 2. The third kappa shape index (κ3) is 3.65. The van der Waals surface area contributed by atoms with E-state index in [0.29, 0.717) is 35.3 Å². The molecule has 0 N–H and O–H groups in total. The molecule has 6 nitrogen and oxygen atoms in total. The average molecular weight is 415 g/mol. The van der Waals surface area contributed by atoms with E-state index >= 15 is 0 Å². The van der Waals surface area contributed by atoms with E-state index in [1.807, 2.05) is 29.2 Å². The zero-order chi connectivity index (χ0) is 20.5. The summed E-state index contributed by atoms with van der Waals surface area (Å²) in [6.07, 6.45) is 1.99. The summed E-state index contributed by atoms with van der Waals surface area (Å²) in [6.45, 7) is 1.01. The lowest BCUT2D eigenvalue weighted by atomic mass is 9.99. The van der Waals surface area contributed by atoms with Gasteiger partial charge in [-0.05, 0) is 48.7 Å². The number of fused-ring (bicyclic) bond motifs is 1. The third-order valence-electron chi connectivity index (χ3n) is 5.58. The first-order valence-electron chi connectivity index (χ1n) is 9.64. The second-order valence-corrected chi connectivity index (χ2v) is 7.75. The predicted molar refractivity (Wildman–Crippen MR) is 112 cm³/mol. The molecule has 4 rings (SSSR count). The molecule has 2 heterocycles. The van der Waals surface area contributed by atoms with E-state index in [9.17, 15) is 9.59 Å². The first-order valence-corrected chi connectivity index (χ1v) is 10.0. The Hall–Kier alpha value is -2.73. The van der Waals surface area contributed by atoms with Crippen molar-refractivity contribution in [2.24, 2.45) is 5.92 Å². The number of hydrogen-bond donors (Lipinski definition) is 0. The molecule has 0 bridgehead atoms. The Labute approximate surface area is 174 Å². The largest absolute Gasteiger partial charge is 0.493 e. The Bertz CT molecular complexity index is 962. The van der Waals surface area contributed by atoms with E-state index in [0.717, 1.165) is 24.1 Å². The minimum Gasteiger partial charge on any atom is -0.493 e. The van der Waals surface area contributed by atoms with E-state index < -0.39 is 0 Å². The van der Waals surface area contributed by atoms with Crippen LogP contribution in [0.15, 0.2) is 36.4 Å². The van der Waals surface area contributed by atoms with E-state index in [2.05, 4.69) is 0 Å². The molecule has 2 aliphatic heterocycles. The minimum absolute atomic E-state index is 0.00963. The minimum atomic E-state index is -0.378. The molecular weight excluding hydrogens is 392 g/mol. The molecule has 152 valence electrons. The molecular formula is C22H23ClN2O4. The number of carbonyl (C=O) groups excluding carboxylic acids is 2. The van der Waals surface area contributed by atoms with Crippen LogP contribution in [0, 0.1) is 5.92 Å². The van der Waals surface area contributed by atoms with Crippen molar-refractivity contribution in [3.8, 4) is 11.5 Å². The number of anilines is 2. The number of carbonyl (C=O) groups is 2. The van der Waals surface area contributed by atoms with Crippen molar-refractivity contribution in [1.82, 2.24) is 0 Å². The normalized spacial score (nSPS) is 18.6. The highest BCUT2D eigenvalue weighted by Crippen LogP contribution is 2.36. The van der Waals surface area contributed by atoms with Gasteiger partial charge in [0, 0.05) is 42.0 Å². The average Bonchev–Trinajstić information content (AvgIpc) is 3.13. The maximum Gasteiger partial charge on any atom is 0.232 e. The van der Waals surface area contributed by atoms with Crippen LogP contribution in [-0.2, 0) is 16.0 Å². The SMILES string of the molecule is COc1ccc(N2CC(C(=O)N3CCCc4cc(Cl)ccc43)CC2=O)cc1OC. The highest BCUT2D eigenvalue weighted by Gasteiger charge is 2.38. The smallest absolute Gasteiger partial charge is 0.232 e. The van der Waals surface area contributed by atoms with Crippen molar-refractivity contribution in [2.45, 2.75) is 19.3 Å². The lowest BCUT2D eigenvalue weighted by Crippen LogP contribution is -2.40. The summed E-state index contributed by atoms with van der Waals surface area (Å²) >= 11 is 6.11. The van der Waals surface area contributed by atoms with Gasteiger partial charge in [0.1, 0.15) is 0 Å². The van der Waals surface area contributed by atoms with Crippen LogP contribution in [0.1, 0.15) is 18.4 Å². The van der Waals surface area contributed by atoms with Gasteiger partial charge in [0.2, 0.25) is 11.8 Å². The molecule has 0 radical (unpaired) electrons. The van der Waals surface area contributed by atoms with Gasteiger partial charge in [-0.15, -0.1) is 0 Å². The summed E-state index contributed by atoms with van der Waals surface area (Å²) in [5, 5.41) is 0.675. The molecule has 1 saturated heterocycles. The predicted octanol–water partition coefficient (Wildman–Crippen LogP) is 3.69. The number of rotatable bonds is 4. The van der Waals surface area contributed by atoms with Crippen molar-refractivity contribution in [3.05, 3.63) is 47.0 Å². The van der Waals surface area contributed by atoms with Crippen LogP contribution in [0.2, 0.25) is 5.02 Å². The van der Waals surface area contributed by atoms with Crippen LogP contribution < -0.4 is 19.3 Å². The molecule has 1 fully saturated rings. The van der Waals surface area contributed by atoms with Crippen LogP contribution in [0.3, 0.4) is 0 Å². The van der Waals surface area contributed by atoms with Gasteiger partial charge in [0.15, 0.2) is 11.5 Å². The Kier molecular flexibility index (Phi) is 5.37. The van der Waals surface area contributed by atoms with Gasteiger partial charge in [-0.25, -0.2) is 0 Å². The fourth-order valence-corrected chi connectivity index (χ4v) is 4.33. The Morgan fingerprint density at radius 3 is 2.66 bits per heavy atom. The molecule has 0 aliphatic carbocycles. The lowest BCUT2D eigenvalue weighted by molar-refractivity contribution is -0.124. The molecule has 0 saturated carbocycles. The Morgan fingerprint density at radius 1 is 1.10 bits per heavy atom. The van der Waals surface area contributed by atoms with Gasteiger partial charge >= 0.3 is 0 Å². The highest BCUT2D eigenvalue weighted by molar-refractivity contribution is 6.30. The van der Waals surface area contributed by atoms with Crippen molar-refractivity contribution in [3.63, 3.8) is 0 Å². The molecule has 2 aromatic carbocycles. The lowest BCUT2D eigenvalue weighted by Gasteiger charge is -2.31. The molecule has 0 aromatic heterocycles. The molecule has 2 amide bonds. The molecule has 29 heavy (non-hydrogen) atoms. The summed E-state index contributed by atoms with van der Waals surface area (Å²) in [5.41, 5.74) is 2.69. The number of hydrogen-bond acceptors (Lipinski definition) is 4. The molecule has 2 aliphatic rings. The van der Waals surface area contributed by atoms with Crippen molar-refractivity contribution >= 4 is 34.8 Å². The van der Waals surface area contributed by atoms with Gasteiger partial charge in [-0.1, -0.05) is 11.6 Å². The van der Waals surface area contributed by atoms with Crippen LogP contribution >= 0.6 is 11.6 Å². The Balaban J connectivity index is 1.55. The number of methoxy groups -OCH3 is 2. The van der Waals surface area contributed by atoms with Gasteiger partial charge in [-0.3, -0.25) is 9.59 Å². The maximum atomic E-state index is 13.3. The number of benzene rings is 2. The zero-order valence-electron chi connectivity index (χ0n) is 16.5. The monoisotopic (exact) mass is 414 g/mol. The van der Waals surface area contributed by atoms with Crippen molar-refractivity contribution in [2.75, 3.05) is 37.1 Å². The third-order valence-corrected chi connectivity index (χ3v) is 5.81. The summed E-state index contributed by atoms with van der Waals surface area (Å²) in [4.78, 5) is 29.4. The van der Waals surface area contributed by atoms with Crippen LogP contribution in [0.5, 0.6) is 11.5 Å². The molecule has 1 atom stereocenters. The maximum absolute atomic E-state index is 13.3. The summed E-state index contributed by atoms with van der Waals surface area (Å²) in [5.74, 6) is 0.694. The highest BCUT2D eigenvalue weighted by atomic mass is 35.5. The number of nitrogens with zero attached hydrogens (tertiary/aromatic N) is 2. The standard InChI is InChI=1S/C22H23ClN2O4/c1-28-19-8-6-17(12-20(19)29-2)25-13-15(11-21(25)26)22(27)24-9-3-4-14-10-16(23)5-7-18(14)24/h5-8,10,12,15H,3-4,9,11,13H2,1-2H3. The van der Waals surface area contributed by atoms with E-state index in [1.165, 1.54) is 0 Å². The number of halogens is 1. The van der Waals surface area contributed by atoms with Crippen molar-refractivity contribution < 1.29 is 19.1 Å². The van der Waals surface area contributed by atoms with E-state index in [4.69, 9.17) is 21.1 Å². The van der Waals surface area contributed by atoms with Crippen LogP contribution in [0.25, 0.3) is 0 Å². The Morgan fingerprint density at radius 2 is 1.90 bits per heavy atom. The van der Waals surface area contributed by atoms with Crippen molar-refractivity contribution in [1.29, 1.82) is 0 Å². The summed E-state index contributed by atoms with van der Waals surface area (Å²) in [7, 11) is 3.12. The summed E-state index contributed by atoms with van der Waals surface area (Å²) in [6, 6.07) is 11.0. The zero-order valence-corrected chi connectivity index (χ0v) is 17.2. The first kappa shape index (κ1) is 19.6. The molecule has 1 unspecified atom stereocenters. The first-order chi connectivity index (χ1) is 14.0. The number of ether oxygens (including phenoxy) is 2.